The summed E-state index contributed by atoms with van der Waals surface area (Å²) in [6.07, 6.45) is 1.02. The molecule has 1 aromatic carbocycles. The van der Waals surface area contributed by atoms with Crippen molar-refractivity contribution in [2.24, 2.45) is 5.73 Å². The topological polar surface area (TPSA) is 38.9 Å². The third-order valence-electron chi connectivity index (χ3n) is 2.44. The van der Waals surface area contributed by atoms with Crippen LogP contribution in [0.25, 0.3) is 10.9 Å². The number of aromatic nitrogens is 1. The first-order chi connectivity index (χ1) is 6.85. The van der Waals surface area contributed by atoms with E-state index in [1.165, 1.54) is 10.9 Å². The highest BCUT2D eigenvalue weighted by molar-refractivity contribution is 5.82. The second kappa shape index (κ2) is 3.76. The molecule has 14 heavy (non-hydrogen) atoms. The molecule has 0 unspecified atom stereocenters. The standard InChI is InChI=1S/C12H14N2/c1-2-9-7-10(8-13)14-12-6-4-3-5-11(9)12/h3-7H,2,8,13H2,1H3. The Balaban J connectivity index is 2.73. The molecule has 2 aromatic rings. The Bertz CT molecular complexity index is 449. The average molecular weight is 186 g/mol. The summed E-state index contributed by atoms with van der Waals surface area (Å²) in [7, 11) is 0. The minimum atomic E-state index is 0.512. The third kappa shape index (κ3) is 1.49. The molecule has 2 nitrogen and oxygen atoms in total. The summed E-state index contributed by atoms with van der Waals surface area (Å²) in [5.74, 6) is 0. The molecule has 0 aliphatic rings. The van der Waals surface area contributed by atoms with Crippen molar-refractivity contribution in [2.75, 3.05) is 0 Å². The molecule has 0 saturated carbocycles. The van der Waals surface area contributed by atoms with Crippen LogP contribution in [0.15, 0.2) is 30.3 Å². The van der Waals surface area contributed by atoms with E-state index in [0.29, 0.717) is 6.54 Å². The van der Waals surface area contributed by atoms with E-state index < -0.39 is 0 Å². The number of hydrogen-bond donors (Lipinski definition) is 1. The van der Waals surface area contributed by atoms with Crippen LogP contribution in [0, 0.1) is 0 Å². The molecular formula is C12H14N2. The third-order valence-corrected chi connectivity index (χ3v) is 2.44. The molecule has 2 N–H and O–H groups in total. The quantitative estimate of drug-likeness (QED) is 0.781. The minimum absolute atomic E-state index is 0.512. The van der Waals surface area contributed by atoms with E-state index >= 15 is 0 Å². The van der Waals surface area contributed by atoms with Gasteiger partial charge < -0.3 is 5.73 Å². The largest absolute Gasteiger partial charge is 0.325 e. The molecule has 0 atom stereocenters. The van der Waals surface area contributed by atoms with Gasteiger partial charge in [0.2, 0.25) is 0 Å². The monoisotopic (exact) mass is 186 g/mol. The molecule has 72 valence electrons. The van der Waals surface area contributed by atoms with Gasteiger partial charge in [0.15, 0.2) is 0 Å². The number of nitrogens with zero attached hydrogens (tertiary/aromatic N) is 1. The fraction of sp³-hybridized carbons (Fsp3) is 0.250. The Morgan fingerprint density at radius 3 is 2.79 bits per heavy atom. The predicted molar refractivity (Wildman–Crippen MR) is 59.0 cm³/mol. The molecule has 2 rings (SSSR count). The lowest BCUT2D eigenvalue weighted by Crippen LogP contribution is -2.01. The lowest BCUT2D eigenvalue weighted by Gasteiger charge is -2.06. The number of benzene rings is 1. The van der Waals surface area contributed by atoms with Crippen molar-refractivity contribution >= 4 is 10.9 Å². The summed E-state index contributed by atoms with van der Waals surface area (Å²) in [5.41, 5.74) is 8.95. The molecule has 0 spiro atoms. The van der Waals surface area contributed by atoms with Gasteiger partial charge in [0.05, 0.1) is 11.2 Å². The summed E-state index contributed by atoms with van der Waals surface area (Å²) in [5, 5.41) is 1.24. The zero-order chi connectivity index (χ0) is 9.97. The summed E-state index contributed by atoms with van der Waals surface area (Å²) >= 11 is 0. The van der Waals surface area contributed by atoms with Crippen LogP contribution in [-0.2, 0) is 13.0 Å². The maximum Gasteiger partial charge on any atom is 0.0708 e. The van der Waals surface area contributed by atoms with E-state index in [2.05, 4.69) is 24.0 Å². The van der Waals surface area contributed by atoms with Crippen molar-refractivity contribution in [3.63, 3.8) is 0 Å². The lowest BCUT2D eigenvalue weighted by molar-refractivity contribution is 0.992. The van der Waals surface area contributed by atoms with E-state index in [1.807, 2.05) is 18.2 Å². The Morgan fingerprint density at radius 1 is 1.29 bits per heavy atom. The Kier molecular flexibility index (Phi) is 2.46. The number of para-hydroxylation sites is 1. The van der Waals surface area contributed by atoms with Gasteiger partial charge in [-0.25, -0.2) is 0 Å². The normalized spacial score (nSPS) is 10.7. The smallest absolute Gasteiger partial charge is 0.0708 e. The van der Waals surface area contributed by atoms with Crippen LogP contribution in [0.1, 0.15) is 18.2 Å². The molecular weight excluding hydrogens is 172 g/mol. The second-order valence-electron chi connectivity index (χ2n) is 3.35. The lowest BCUT2D eigenvalue weighted by atomic mass is 10.1. The number of hydrogen-bond acceptors (Lipinski definition) is 2. The van der Waals surface area contributed by atoms with Gasteiger partial charge in [0.25, 0.3) is 0 Å². The molecule has 0 aliphatic carbocycles. The van der Waals surface area contributed by atoms with Gasteiger partial charge in [0, 0.05) is 11.9 Å². The van der Waals surface area contributed by atoms with Crippen LogP contribution in [0.2, 0.25) is 0 Å². The maximum absolute atomic E-state index is 5.60. The molecule has 0 fully saturated rings. The van der Waals surface area contributed by atoms with Gasteiger partial charge in [0.1, 0.15) is 0 Å². The van der Waals surface area contributed by atoms with Gasteiger partial charge in [-0.1, -0.05) is 25.1 Å². The van der Waals surface area contributed by atoms with Crippen LogP contribution in [0.4, 0.5) is 0 Å². The summed E-state index contributed by atoms with van der Waals surface area (Å²) in [6.45, 7) is 2.67. The zero-order valence-corrected chi connectivity index (χ0v) is 8.33. The first-order valence-electron chi connectivity index (χ1n) is 4.92. The van der Waals surface area contributed by atoms with Gasteiger partial charge in [-0.2, -0.15) is 0 Å². The van der Waals surface area contributed by atoms with Crippen molar-refractivity contribution in [3.05, 3.63) is 41.6 Å². The van der Waals surface area contributed by atoms with E-state index in [0.717, 1.165) is 17.6 Å². The van der Waals surface area contributed by atoms with E-state index in [1.54, 1.807) is 0 Å². The second-order valence-corrected chi connectivity index (χ2v) is 3.35. The number of pyridine rings is 1. The highest BCUT2D eigenvalue weighted by Crippen LogP contribution is 2.18. The summed E-state index contributed by atoms with van der Waals surface area (Å²) in [6, 6.07) is 10.3. The van der Waals surface area contributed by atoms with Gasteiger partial charge in [-0.3, -0.25) is 4.98 Å². The fourth-order valence-corrected chi connectivity index (χ4v) is 1.71. The van der Waals surface area contributed by atoms with Crippen molar-refractivity contribution < 1.29 is 0 Å². The van der Waals surface area contributed by atoms with Crippen LogP contribution in [-0.4, -0.2) is 4.98 Å². The van der Waals surface area contributed by atoms with Gasteiger partial charge in [-0.15, -0.1) is 0 Å². The Labute approximate surface area is 83.8 Å². The first kappa shape index (κ1) is 9.16. The van der Waals surface area contributed by atoms with Crippen LogP contribution < -0.4 is 5.73 Å². The number of nitrogens with two attached hydrogens (primary N) is 1. The molecule has 0 radical (unpaired) electrons. The zero-order valence-electron chi connectivity index (χ0n) is 8.33. The number of aryl methyl sites for hydroxylation is 1. The average Bonchev–Trinajstić information content (AvgIpc) is 2.27. The molecule has 1 heterocycles. The Hall–Kier alpha value is -1.41. The van der Waals surface area contributed by atoms with E-state index in [4.69, 9.17) is 5.73 Å². The van der Waals surface area contributed by atoms with Crippen molar-refractivity contribution in [2.45, 2.75) is 19.9 Å². The molecule has 0 amide bonds. The molecule has 0 saturated heterocycles. The predicted octanol–water partition coefficient (Wildman–Crippen LogP) is 2.26. The van der Waals surface area contributed by atoms with Crippen molar-refractivity contribution in [1.82, 2.24) is 4.98 Å². The molecule has 0 bridgehead atoms. The number of rotatable bonds is 2. The van der Waals surface area contributed by atoms with E-state index in [-0.39, 0.29) is 0 Å². The molecule has 0 aliphatic heterocycles. The SMILES string of the molecule is CCc1cc(CN)nc2ccccc12. The summed E-state index contributed by atoms with van der Waals surface area (Å²) in [4.78, 5) is 4.48. The van der Waals surface area contributed by atoms with Crippen LogP contribution in [0.3, 0.4) is 0 Å². The van der Waals surface area contributed by atoms with Crippen molar-refractivity contribution in [1.29, 1.82) is 0 Å². The van der Waals surface area contributed by atoms with Crippen molar-refractivity contribution in [3.8, 4) is 0 Å². The maximum atomic E-state index is 5.60. The molecule has 1 aromatic heterocycles. The molecule has 2 heteroatoms. The fourth-order valence-electron chi connectivity index (χ4n) is 1.71. The van der Waals surface area contributed by atoms with E-state index in [9.17, 15) is 0 Å². The highest BCUT2D eigenvalue weighted by atomic mass is 14.7. The van der Waals surface area contributed by atoms with Crippen LogP contribution >= 0.6 is 0 Å². The summed E-state index contributed by atoms with van der Waals surface area (Å²) < 4.78 is 0. The Morgan fingerprint density at radius 2 is 2.07 bits per heavy atom. The highest BCUT2D eigenvalue weighted by Gasteiger charge is 2.02. The number of fused-ring (bicyclic) bond motifs is 1. The van der Waals surface area contributed by atoms with Crippen LogP contribution in [0.5, 0.6) is 0 Å². The minimum Gasteiger partial charge on any atom is -0.325 e. The van der Waals surface area contributed by atoms with Gasteiger partial charge in [-0.05, 0) is 24.1 Å². The van der Waals surface area contributed by atoms with Gasteiger partial charge >= 0.3 is 0 Å². The first-order valence-corrected chi connectivity index (χ1v) is 4.92.